The number of hydrogen-bond donors (Lipinski definition) is 2. The Morgan fingerprint density at radius 3 is 2.70 bits per heavy atom. The monoisotopic (exact) mass is 449 g/mol. The summed E-state index contributed by atoms with van der Waals surface area (Å²) in [5.74, 6) is 0.908. The van der Waals surface area contributed by atoms with E-state index in [1.165, 1.54) is 31.0 Å². The van der Waals surface area contributed by atoms with Crippen molar-refractivity contribution in [3.8, 4) is 5.75 Å². The van der Waals surface area contributed by atoms with Gasteiger partial charge in [0.2, 0.25) is 5.91 Å². The molecule has 1 aromatic heterocycles. The van der Waals surface area contributed by atoms with Crippen LogP contribution in [0.3, 0.4) is 0 Å². The van der Waals surface area contributed by atoms with Crippen LogP contribution < -0.4 is 15.4 Å². The highest BCUT2D eigenvalue weighted by Gasteiger charge is 2.14. The number of amides is 1. The van der Waals surface area contributed by atoms with Gasteiger partial charge in [0.1, 0.15) is 11.6 Å². The molecular weight excluding hydrogens is 429 g/mol. The van der Waals surface area contributed by atoms with E-state index in [2.05, 4.69) is 20.8 Å². The third-order valence-corrected chi connectivity index (χ3v) is 5.37. The van der Waals surface area contributed by atoms with Crippen molar-refractivity contribution in [3.05, 3.63) is 59.1 Å². The molecule has 3 rings (SSSR count). The van der Waals surface area contributed by atoms with Crippen LogP contribution in [0.2, 0.25) is 5.02 Å². The lowest BCUT2D eigenvalue weighted by Crippen LogP contribution is -2.15. The molecule has 0 unspecified atom stereocenters. The zero-order valence-corrected chi connectivity index (χ0v) is 18.1. The summed E-state index contributed by atoms with van der Waals surface area (Å²) in [5, 5.41) is 15.5. The first-order valence-electron chi connectivity index (χ1n) is 9.18. The molecule has 0 aliphatic heterocycles. The van der Waals surface area contributed by atoms with Crippen molar-refractivity contribution in [1.82, 2.24) is 14.8 Å². The number of ether oxygens (including phenoxy) is 1. The Hall–Kier alpha value is -2.78. The molecule has 0 saturated heterocycles. The number of nitrogens with zero attached hydrogens (tertiary/aromatic N) is 3. The van der Waals surface area contributed by atoms with Crippen LogP contribution in [0, 0.1) is 5.82 Å². The molecule has 0 aliphatic rings. The van der Waals surface area contributed by atoms with Gasteiger partial charge in [-0.1, -0.05) is 23.4 Å². The number of carbonyl (C=O) groups is 1. The summed E-state index contributed by atoms with van der Waals surface area (Å²) in [6.07, 6.45) is 0. The summed E-state index contributed by atoms with van der Waals surface area (Å²) in [6.45, 7) is 3.06. The number of nitrogens with one attached hydrogen (secondary N) is 2. The molecule has 158 valence electrons. The van der Waals surface area contributed by atoms with Gasteiger partial charge in [0.05, 0.1) is 25.1 Å². The summed E-state index contributed by atoms with van der Waals surface area (Å²) < 4.78 is 20.2. The minimum absolute atomic E-state index is 0.152. The topological polar surface area (TPSA) is 81.1 Å². The largest absolute Gasteiger partial charge is 0.495 e. The van der Waals surface area contributed by atoms with Crippen molar-refractivity contribution < 1.29 is 13.9 Å². The zero-order chi connectivity index (χ0) is 21.5. The van der Waals surface area contributed by atoms with E-state index in [1.807, 2.05) is 11.5 Å². The van der Waals surface area contributed by atoms with Crippen LogP contribution in [0.1, 0.15) is 12.7 Å². The number of methoxy groups -OCH3 is 1. The quantitative estimate of drug-likeness (QED) is 0.470. The van der Waals surface area contributed by atoms with Crippen molar-refractivity contribution in [1.29, 1.82) is 0 Å². The molecule has 0 spiro atoms. The molecule has 7 nitrogen and oxygen atoms in total. The van der Waals surface area contributed by atoms with E-state index in [1.54, 1.807) is 30.3 Å². The van der Waals surface area contributed by atoms with Crippen LogP contribution in [0.4, 0.5) is 15.8 Å². The number of thioether (sulfide) groups is 1. The van der Waals surface area contributed by atoms with Gasteiger partial charge in [-0.15, -0.1) is 10.2 Å². The summed E-state index contributed by atoms with van der Waals surface area (Å²) in [4.78, 5) is 12.4. The van der Waals surface area contributed by atoms with Crippen LogP contribution in [0.15, 0.2) is 47.6 Å². The Morgan fingerprint density at radius 1 is 1.23 bits per heavy atom. The predicted molar refractivity (Wildman–Crippen MR) is 117 cm³/mol. The average Bonchev–Trinajstić information content (AvgIpc) is 3.14. The maximum absolute atomic E-state index is 13.0. The molecule has 30 heavy (non-hydrogen) atoms. The number of aromatic nitrogens is 3. The molecule has 0 aliphatic carbocycles. The molecule has 0 radical (unpaired) electrons. The predicted octanol–water partition coefficient (Wildman–Crippen LogP) is 4.44. The highest BCUT2D eigenvalue weighted by atomic mass is 35.5. The number of halogens is 2. The fourth-order valence-corrected chi connectivity index (χ4v) is 3.71. The summed E-state index contributed by atoms with van der Waals surface area (Å²) in [7, 11) is 1.53. The number of anilines is 2. The third kappa shape index (κ3) is 5.64. The van der Waals surface area contributed by atoms with Crippen LogP contribution in [-0.2, 0) is 17.9 Å². The van der Waals surface area contributed by atoms with Crippen molar-refractivity contribution >= 4 is 40.6 Å². The minimum Gasteiger partial charge on any atom is -0.495 e. The molecule has 1 amide bonds. The zero-order valence-electron chi connectivity index (χ0n) is 16.5. The Labute approximate surface area is 183 Å². The summed E-state index contributed by atoms with van der Waals surface area (Å²) in [6, 6.07) is 11.1. The first-order valence-corrected chi connectivity index (χ1v) is 10.5. The van der Waals surface area contributed by atoms with Crippen LogP contribution in [0.5, 0.6) is 5.75 Å². The molecule has 0 bridgehead atoms. The second-order valence-electron chi connectivity index (χ2n) is 6.18. The number of benzene rings is 2. The van der Waals surface area contributed by atoms with Gasteiger partial charge in [-0.2, -0.15) is 0 Å². The smallest absolute Gasteiger partial charge is 0.234 e. The van der Waals surface area contributed by atoms with Crippen molar-refractivity contribution in [2.24, 2.45) is 0 Å². The van der Waals surface area contributed by atoms with Gasteiger partial charge < -0.3 is 19.9 Å². The maximum atomic E-state index is 13.0. The second-order valence-corrected chi connectivity index (χ2v) is 7.56. The first kappa shape index (κ1) is 21.9. The normalized spacial score (nSPS) is 10.7. The third-order valence-electron chi connectivity index (χ3n) is 4.17. The molecule has 1 heterocycles. The van der Waals surface area contributed by atoms with E-state index in [-0.39, 0.29) is 17.5 Å². The fraction of sp³-hybridized carbons (Fsp3) is 0.250. The molecule has 0 atom stereocenters. The molecule has 2 aromatic carbocycles. The Kier molecular flexibility index (Phi) is 7.53. The lowest BCUT2D eigenvalue weighted by Gasteiger charge is -2.11. The highest BCUT2D eigenvalue weighted by Crippen LogP contribution is 2.28. The number of hydrogen-bond acceptors (Lipinski definition) is 6. The molecular formula is C20H21ClFN5O2S. The Balaban J connectivity index is 1.59. The van der Waals surface area contributed by atoms with Gasteiger partial charge in [0.25, 0.3) is 0 Å². The van der Waals surface area contributed by atoms with Gasteiger partial charge in [-0.25, -0.2) is 4.39 Å². The SMILES string of the molecule is CCn1c(CNc2ccc(F)cc2)nnc1SCC(=O)Nc1cc(Cl)ccc1OC. The van der Waals surface area contributed by atoms with Crippen molar-refractivity contribution in [3.63, 3.8) is 0 Å². The number of rotatable bonds is 9. The first-order chi connectivity index (χ1) is 14.5. The Bertz CT molecular complexity index is 1010. The molecule has 0 fully saturated rings. The van der Waals surface area contributed by atoms with E-state index in [4.69, 9.17) is 16.3 Å². The van der Waals surface area contributed by atoms with Crippen molar-refractivity contribution in [2.45, 2.75) is 25.2 Å². The molecule has 0 saturated carbocycles. The van der Waals surface area contributed by atoms with Gasteiger partial charge in [-0.05, 0) is 49.4 Å². The van der Waals surface area contributed by atoms with Gasteiger partial charge >= 0.3 is 0 Å². The van der Waals surface area contributed by atoms with Gasteiger partial charge in [-0.3, -0.25) is 4.79 Å². The lowest BCUT2D eigenvalue weighted by atomic mass is 10.3. The van der Waals surface area contributed by atoms with E-state index in [0.717, 1.165) is 11.5 Å². The van der Waals surface area contributed by atoms with Gasteiger partial charge in [0.15, 0.2) is 11.0 Å². The van der Waals surface area contributed by atoms with Crippen LogP contribution in [-0.4, -0.2) is 33.5 Å². The summed E-state index contributed by atoms with van der Waals surface area (Å²) in [5.41, 5.74) is 1.29. The van der Waals surface area contributed by atoms with Gasteiger partial charge in [0, 0.05) is 17.3 Å². The van der Waals surface area contributed by atoms with E-state index < -0.39 is 0 Å². The van der Waals surface area contributed by atoms with Crippen LogP contribution >= 0.6 is 23.4 Å². The molecule has 10 heteroatoms. The minimum atomic E-state index is -0.287. The van der Waals surface area contributed by atoms with E-state index in [9.17, 15) is 9.18 Å². The standard InChI is InChI=1S/C20H21ClFN5O2S/c1-3-27-18(11-23-15-7-5-14(22)6-8-15)25-26-20(27)30-12-19(28)24-16-10-13(21)4-9-17(16)29-2/h4-10,23H,3,11-12H2,1-2H3,(H,24,28). The Morgan fingerprint density at radius 2 is 2.00 bits per heavy atom. The fourth-order valence-electron chi connectivity index (χ4n) is 2.72. The second kappa shape index (κ2) is 10.3. The molecule has 3 aromatic rings. The van der Waals surface area contributed by atoms with E-state index in [0.29, 0.717) is 34.7 Å². The van der Waals surface area contributed by atoms with Crippen molar-refractivity contribution in [2.75, 3.05) is 23.5 Å². The maximum Gasteiger partial charge on any atom is 0.234 e. The number of carbonyl (C=O) groups excluding carboxylic acids is 1. The summed E-state index contributed by atoms with van der Waals surface area (Å²) >= 11 is 7.28. The average molecular weight is 450 g/mol. The molecule has 2 N–H and O–H groups in total. The van der Waals surface area contributed by atoms with E-state index >= 15 is 0 Å². The van der Waals surface area contributed by atoms with Crippen LogP contribution in [0.25, 0.3) is 0 Å². The lowest BCUT2D eigenvalue weighted by molar-refractivity contribution is -0.113. The highest BCUT2D eigenvalue weighted by molar-refractivity contribution is 7.99.